The van der Waals surface area contributed by atoms with Gasteiger partial charge in [-0.25, -0.2) is 4.98 Å². The van der Waals surface area contributed by atoms with Gasteiger partial charge >= 0.3 is 0 Å². The van der Waals surface area contributed by atoms with Gasteiger partial charge in [-0.1, -0.05) is 13.8 Å². The van der Waals surface area contributed by atoms with Crippen molar-refractivity contribution in [1.82, 2.24) is 4.98 Å². The van der Waals surface area contributed by atoms with Gasteiger partial charge in [-0.05, 0) is 26.2 Å². The first-order chi connectivity index (χ1) is 5.92. The molecule has 0 bridgehead atoms. The molecule has 1 heterocycles. The molecule has 13 heavy (non-hydrogen) atoms. The molecule has 2 N–H and O–H groups in total. The third-order valence-corrected chi connectivity index (χ3v) is 3.13. The van der Waals surface area contributed by atoms with Crippen LogP contribution >= 0.6 is 11.3 Å². The number of hydrogen-bond acceptors (Lipinski definition) is 3. The lowest BCUT2D eigenvalue weighted by atomic mass is 9.92. The third-order valence-electron chi connectivity index (χ3n) is 1.94. The highest BCUT2D eigenvalue weighted by molar-refractivity contribution is 7.11. The predicted molar refractivity (Wildman–Crippen MR) is 57.8 cm³/mol. The van der Waals surface area contributed by atoms with Gasteiger partial charge < -0.3 is 5.73 Å². The molecule has 3 heteroatoms. The summed E-state index contributed by atoms with van der Waals surface area (Å²) < 4.78 is 0. The van der Waals surface area contributed by atoms with Gasteiger partial charge in [0.05, 0.1) is 5.54 Å². The smallest absolute Gasteiger partial charge is 0.112 e. The molecule has 0 saturated carbocycles. The van der Waals surface area contributed by atoms with Gasteiger partial charge in [-0.15, -0.1) is 11.3 Å². The van der Waals surface area contributed by atoms with Gasteiger partial charge in [0.1, 0.15) is 5.01 Å². The first-order valence-electron chi connectivity index (χ1n) is 4.63. The van der Waals surface area contributed by atoms with Crippen molar-refractivity contribution in [3.8, 4) is 0 Å². The van der Waals surface area contributed by atoms with Gasteiger partial charge in [-0.2, -0.15) is 0 Å². The van der Waals surface area contributed by atoms with Crippen LogP contribution in [-0.4, -0.2) is 4.98 Å². The van der Waals surface area contributed by atoms with E-state index in [9.17, 15) is 0 Å². The van der Waals surface area contributed by atoms with E-state index in [0.717, 1.165) is 11.4 Å². The van der Waals surface area contributed by atoms with Crippen molar-refractivity contribution in [3.63, 3.8) is 0 Å². The Labute approximate surface area is 84.2 Å². The summed E-state index contributed by atoms with van der Waals surface area (Å²) in [6, 6.07) is 0. The van der Waals surface area contributed by atoms with E-state index in [4.69, 9.17) is 5.73 Å². The molecule has 74 valence electrons. The molecule has 1 unspecified atom stereocenters. The second-order valence-electron chi connectivity index (χ2n) is 4.29. The first kappa shape index (κ1) is 10.7. The summed E-state index contributed by atoms with van der Waals surface area (Å²) in [7, 11) is 0. The van der Waals surface area contributed by atoms with Crippen LogP contribution in [0.5, 0.6) is 0 Å². The number of nitrogens with two attached hydrogens (primary N) is 1. The van der Waals surface area contributed by atoms with Crippen LogP contribution in [0.25, 0.3) is 0 Å². The van der Waals surface area contributed by atoms with Crippen LogP contribution in [0, 0.1) is 12.8 Å². The highest BCUT2D eigenvalue weighted by Gasteiger charge is 2.25. The normalized spacial score (nSPS) is 16.2. The minimum atomic E-state index is -0.257. The summed E-state index contributed by atoms with van der Waals surface area (Å²) in [5.74, 6) is 0.610. The Morgan fingerprint density at radius 1 is 1.62 bits per heavy atom. The molecular weight excluding hydrogens is 180 g/mol. The van der Waals surface area contributed by atoms with Crippen molar-refractivity contribution in [2.24, 2.45) is 11.7 Å². The fourth-order valence-corrected chi connectivity index (χ4v) is 2.39. The van der Waals surface area contributed by atoms with Crippen LogP contribution < -0.4 is 5.73 Å². The molecule has 0 aromatic carbocycles. The average Bonchev–Trinajstić information content (AvgIpc) is 2.32. The van der Waals surface area contributed by atoms with Gasteiger partial charge in [0.15, 0.2) is 0 Å². The molecule has 0 radical (unpaired) electrons. The quantitative estimate of drug-likeness (QED) is 0.811. The number of aryl methyl sites for hydroxylation is 1. The van der Waals surface area contributed by atoms with Crippen molar-refractivity contribution in [2.45, 2.75) is 39.7 Å². The first-order valence-corrected chi connectivity index (χ1v) is 5.45. The second-order valence-corrected chi connectivity index (χ2v) is 5.53. The zero-order valence-electron chi connectivity index (χ0n) is 8.79. The minimum absolute atomic E-state index is 0.257. The van der Waals surface area contributed by atoms with Gasteiger partial charge in [-0.3, -0.25) is 0 Å². The van der Waals surface area contributed by atoms with E-state index in [1.807, 2.05) is 6.20 Å². The molecule has 1 atom stereocenters. The summed E-state index contributed by atoms with van der Waals surface area (Å²) in [5, 5.41) is 1.05. The van der Waals surface area contributed by atoms with Crippen LogP contribution in [-0.2, 0) is 5.54 Å². The summed E-state index contributed by atoms with van der Waals surface area (Å²) >= 11 is 1.70. The molecule has 1 rings (SSSR count). The molecule has 0 aliphatic carbocycles. The fraction of sp³-hybridized carbons (Fsp3) is 0.700. The van der Waals surface area contributed by atoms with Crippen LogP contribution in [0.15, 0.2) is 6.20 Å². The number of aromatic nitrogens is 1. The topological polar surface area (TPSA) is 38.9 Å². The Balaban J connectivity index is 2.80. The average molecular weight is 198 g/mol. The number of hydrogen-bond donors (Lipinski definition) is 1. The molecule has 2 nitrogen and oxygen atoms in total. The van der Waals surface area contributed by atoms with E-state index in [2.05, 4.69) is 32.7 Å². The van der Waals surface area contributed by atoms with Crippen molar-refractivity contribution in [2.75, 3.05) is 0 Å². The standard InChI is InChI=1S/C10H18N2S/c1-7(2)5-10(4,11)9-12-6-8(3)13-9/h6-7H,5,11H2,1-4H3. The highest BCUT2D eigenvalue weighted by Crippen LogP contribution is 2.28. The Kier molecular flexibility index (Phi) is 3.09. The summed E-state index contributed by atoms with van der Waals surface area (Å²) in [6.07, 6.45) is 2.88. The van der Waals surface area contributed by atoms with Crippen molar-refractivity contribution in [3.05, 3.63) is 16.1 Å². The van der Waals surface area contributed by atoms with Gasteiger partial charge in [0.25, 0.3) is 0 Å². The lowest BCUT2D eigenvalue weighted by Gasteiger charge is -2.23. The van der Waals surface area contributed by atoms with Crippen LogP contribution in [0.1, 0.15) is 37.1 Å². The van der Waals surface area contributed by atoms with Crippen LogP contribution in [0.4, 0.5) is 0 Å². The number of rotatable bonds is 3. The molecule has 0 amide bonds. The zero-order valence-corrected chi connectivity index (χ0v) is 9.61. The monoisotopic (exact) mass is 198 g/mol. The lowest BCUT2D eigenvalue weighted by Crippen LogP contribution is -2.34. The maximum atomic E-state index is 6.20. The van der Waals surface area contributed by atoms with E-state index < -0.39 is 0 Å². The molecule has 0 saturated heterocycles. The third kappa shape index (κ3) is 2.78. The lowest BCUT2D eigenvalue weighted by molar-refractivity contribution is 0.379. The Bertz CT molecular complexity index is 276. The maximum Gasteiger partial charge on any atom is 0.112 e. The summed E-state index contributed by atoms with van der Waals surface area (Å²) in [4.78, 5) is 5.57. The molecular formula is C10H18N2S. The van der Waals surface area contributed by atoms with E-state index in [0.29, 0.717) is 5.92 Å². The predicted octanol–water partition coefficient (Wildman–Crippen LogP) is 2.67. The van der Waals surface area contributed by atoms with Crippen molar-refractivity contribution < 1.29 is 0 Å². The molecule has 1 aromatic heterocycles. The number of thiazole rings is 1. The van der Waals surface area contributed by atoms with Crippen LogP contribution in [0.3, 0.4) is 0 Å². The van der Waals surface area contributed by atoms with Gasteiger partial charge in [0, 0.05) is 11.1 Å². The van der Waals surface area contributed by atoms with E-state index in [1.54, 1.807) is 11.3 Å². The maximum absolute atomic E-state index is 6.20. The SMILES string of the molecule is Cc1cnc(C(C)(N)CC(C)C)s1. The Morgan fingerprint density at radius 3 is 2.62 bits per heavy atom. The van der Waals surface area contributed by atoms with Crippen molar-refractivity contribution >= 4 is 11.3 Å². The largest absolute Gasteiger partial charge is 0.320 e. The second kappa shape index (κ2) is 3.76. The summed E-state index contributed by atoms with van der Waals surface area (Å²) in [5.41, 5.74) is 5.94. The van der Waals surface area contributed by atoms with E-state index >= 15 is 0 Å². The number of nitrogens with zero attached hydrogens (tertiary/aromatic N) is 1. The van der Waals surface area contributed by atoms with Crippen molar-refractivity contribution in [1.29, 1.82) is 0 Å². The molecule has 0 spiro atoms. The fourth-order valence-electron chi connectivity index (χ4n) is 1.55. The van der Waals surface area contributed by atoms with E-state index in [-0.39, 0.29) is 5.54 Å². The van der Waals surface area contributed by atoms with Crippen LogP contribution in [0.2, 0.25) is 0 Å². The summed E-state index contributed by atoms with van der Waals surface area (Å²) in [6.45, 7) is 8.50. The minimum Gasteiger partial charge on any atom is -0.320 e. The molecule has 0 aliphatic rings. The molecule has 0 aliphatic heterocycles. The Morgan fingerprint density at radius 2 is 2.23 bits per heavy atom. The highest BCUT2D eigenvalue weighted by atomic mass is 32.1. The Hall–Kier alpha value is -0.410. The van der Waals surface area contributed by atoms with Gasteiger partial charge in [0.2, 0.25) is 0 Å². The molecule has 0 fully saturated rings. The van der Waals surface area contributed by atoms with E-state index in [1.165, 1.54) is 4.88 Å². The zero-order chi connectivity index (χ0) is 10.1. The molecule has 1 aromatic rings.